The molecule has 1 heterocycles. The number of rotatable bonds is 6. The number of imidazole rings is 1. The molecular weight excluding hydrogens is 330 g/mol. The van der Waals surface area contributed by atoms with Crippen LogP contribution in [-0.4, -0.2) is 10.3 Å². The van der Waals surface area contributed by atoms with E-state index in [9.17, 15) is 0 Å². The number of hydrogen-bond acceptors (Lipinski definition) is 1. The van der Waals surface area contributed by atoms with Gasteiger partial charge in [-0.1, -0.05) is 64.1 Å². The van der Waals surface area contributed by atoms with Gasteiger partial charge in [-0.15, -0.1) is 0 Å². The second-order valence-electron chi connectivity index (χ2n) is 7.77. The van der Waals surface area contributed by atoms with Crippen LogP contribution in [0.3, 0.4) is 0 Å². The molecule has 0 aliphatic heterocycles. The molecular formula is C24H30N3+. The molecule has 0 fully saturated rings. The Morgan fingerprint density at radius 2 is 1.56 bits per heavy atom. The van der Waals surface area contributed by atoms with E-state index in [1.54, 1.807) is 0 Å². The van der Waals surface area contributed by atoms with Crippen molar-refractivity contribution in [1.82, 2.24) is 4.57 Å². The number of nitrogens with zero attached hydrogens (tertiary/aromatic N) is 3. The van der Waals surface area contributed by atoms with Crippen LogP contribution in [0.5, 0.6) is 0 Å². The molecule has 0 aliphatic carbocycles. The van der Waals surface area contributed by atoms with Crippen LogP contribution in [0, 0.1) is 0 Å². The molecule has 0 radical (unpaired) electrons. The number of benzene rings is 2. The second-order valence-corrected chi connectivity index (χ2v) is 7.77. The first-order chi connectivity index (χ1) is 13.0. The van der Waals surface area contributed by atoms with Crippen molar-refractivity contribution in [1.29, 1.82) is 0 Å². The molecule has 0 saturated carbocycles. The molecule has 3 rings (SSSR count). The van der Waals surface area contributed by atoms with E-state index in [1.807, 2.05) is 6.07 Å². The summed E-state index contributed by atoms with van der Waals surface area (Å²) in [4.78, 5) is 5.07. The summed E-state index contributed by atoms with van der Waals surface area (Å²) in [6.07, 6.45) is 6.31. The molecule has 0 amide bonds. The number of hydrogen-bond donors (Lipinski definition) is 0. The third-order valence-corrected chi connectivity index (χ3v) is 4.80. The standard InChI is InChI=1S/C24H30N3/c1-18(2)22-12-9-13-23(19(3)4)24(22)25-20(5)16-26-14-15-27(17-26)21-10-7-6-8-11-21/h6-15,17-19H,16H2,1-5H3/q+1. The first-order valence-electron chi connectivity index (χ1n) is 9.75. The SMILES string of the molecule is CC(C[n+]1ccn(-c2ccccc2)c1)=Nc1c(C(C)C)cccc1C(C)C. The smallest absolute Gasteiger partial charge is 0.249 e. The molecule has 0 unspecified atom stereocenters. The summed E-state index contributed by atoms with van der Waals surface area (Å²) < 4.78 is 4.31. The van der Waals surface area contributed by atoms with Crippen molar-refractivity contribution < 1.29 is 4.57 Å². The predicted molar refractivity (Wildman–Crippen MR) is 113 cm³/mol. The number of aliphatic imine (C=N–C) groups is 1. The molecule has 2 aromatic carbocycles. The summed E-state index contributed by atoms with van der Waals surface area (Å²) in [5.74, 6) is 0.920. The van der Waals surface area contributed by atoms with Crippen molar-refractivity contribution in [2.75, 3.05) is 0 Å². The minimum absolute atomic E-state index is 0.460. The Morgan fingerprint density at radius 1 is 0.926 bits per heavy atom. The summed E-state index contributed by atoms with van der Waals surface area (Å²) in [5.41, 5.74) is 6.09. The molecule has 3 heteroatoms. The average molecular weight is 361 g/mol. The van der Waals surface area contributed by atoms with Gasteiger partial charge in [0, 0.05) is 0 Å². The van der Waals surface area contributed by atoms with E-state index >= 15 is 0 Å². The van der Waals surface area contributed by atoms with Gasteiger partial charge in [0.1, 0.15) is 24.6 Å². The van der Waals surface area contributed by atoms with E-state index in [0.717, 1.165) is 23.6 Å². The highest BCUT2D eigenvalue weighted by Crippen LogP contribution is 2.34. The molecule has 0 spiro atoms. The molecule has 0 N–H and O–H groups in total. The zero-order valence-electron chi connectivity index (χ0n) is 17.1. The van der Waals surface area contributed by atoms with E-state index in [0.29, 0.717) is 11.8 Å². The third kappa shape index (κ3) is 4.54. The fourth-order valence-corrected chi connectivity index (χ4v) is 3.37. The molecule has 27 heavy (non-hydrogen) atoms. The summed E-state index contributed by atoms with van der Waals surface area (Å²) in [6, 6.07) is 17.0. The summed E-state index contributed by atoms with van der Waals surface area (Å²) in [6.45, 7) is 11.9. The summed E-state index contributed by atoms with van der Waals surface area (Å²) in [7, 11) is 0. The first kappa shape index (κ1) is 19.1. The van der Waals surface area contributed by atoms with Crippen LogP contribution in [0.25, 0.3) is 5.69 Å². The topological polar surface area (TPSA) is 21.2 Å². The molecule has 0 aliphatic rings. The van der Waals surface area contributed by atoms with E-state index in [-0.39, 0.29) is 0 Å². The van der Waals surface area contributed by atoms with Crippen molar-refractivity contribution >= 4 is 11.4 Å². The monoisotopic (exact) mass is 360 g/mol. The minimum atomic E-state index is 0.460. The Bertz CT molecular complexity index is 892. The summed E-state index contributed by atoms with van der Waals surface area (Å²) in [5, 5.41) is 0. The lowest BCUT2D eigenvalue weighted by Gasteiger charge is -2.16. The molecule has 0 bridgehead atoms. The van der Waals surface area contributed by atoms with Crippen molar-refractivity contribution in [2.45, 2.75) is 53.0 Å². The van der Waals surface area contributed by atoms with Crippen LogP contribution in [0.15, 0.2) is 72.2 Å². The number of para-hydroxylation sites is 2. The van der Waals surface area contributed by atoms with Gasteiger partial charge in [-0.2, -0.15) is 0 Å². The minimum Gasteiger partial charge on any atom is -0.253 e. The zero-order chi connectivity index (χ0) is 19.4. The predicted octanol–water partition coefficient (Wildman–Crippen LogP) is 5.80. The van der Waals surface area contributed by atoms with Crippen molar-refractivity contribution in [3.8, 4) is 5.69 Å². The van der Waals surface area contributed by atoms with Crippen molar-refractivity contribution in [3.63, 3.8) is 0 Å². The van der Waals surface area contributed by atoms with Gasteiger partial charge < -0.3 is 0 Å². The third-order valence-electron chi connectivity index (χ3n) is 4.80. The molecule has 140 valence electrons. The highest BCUT2D eigenvalue weighted by molar-refractivity contribution is 5.84. The van der Waals surface area contributed by atoms with Crippen LogP contribution in [0.2, 0.25) is 0 Å². The van der Waals surface area contributed by atoms with Gasteiger partial charge in [0.15, 0.2) is 0 Å². The van der Waals surface area contributed by atoms with E-state index in [2.05, 4.69) is 105 Å². The number of aromatic nitrogens is 2. The van der Waals surface area contributed by atoms with Crippen LogP contribution in [0.1, 0.15) is 57.6 Å². The molecule has 1 aromatic heterocycles. The van der Waals surface area contributed by atoms with Crippen molar-refractivity contribution in [3.05, 3.63) is 78.4 Å². The maximum atomic E-state index is 5.07. The van der Waals surface area contributed by atoms with Crippen LogP contribution in [-0.2, 0) is 6.54 Å². The van der Waals surface area contributed by atoms with Gasteiger partial charge in [0.05, 0.1) is 11.4 Å². The van der Waals surface area contributed by atoms with Gasteiger partial charge in [0.2, 0.25) is 6.33 Å². The lowest BCUT2D eigenvalue weighted by molar-refractivity contribution is -0.681. The van der Waals surface area contributed by atoms with Gasteiger partial charge in [-0.25, -0.2) is 9.13 Å². The van der Waals surface area contributed by atoms with E-state index < -0.39 is 0 Å². The second kappa shape index (κ2) is 8.34. The lowest BCUT2D eigenvalue weighted by Crippen LogP contribution is -2.34. The zero-order valence-corrected chi connectivity index (χ0v) is 17.1. The Hall–Kier alpha value is -2.68. The molecule has 0 saturated heterocycles. The van der Waals surface area contributed by atoms with Crippen LogP contribution in [0.4, 0.5) is 5.69 Å². The van der Waals surface area contributed by atoms with E-state index in [4.69, 9.17) is 4.99 Å². The van der Waals surface area contributed by atoms with Gasteiger partial charge in [0.25, 0.3) is 0 Å². The van der Waals surface area contributed by atoms with Crippen LogP contribution >= 0.6 is 0 Å². The van der Waals surface area contributed by atoms with E-state index in [1.165, 1.54) is 11.1 Å². The normalized spacial score (nSPS) is 12.2. The maximum Gasteiger partial charge on any atom is 0.249 e. The Balaban J connectivity index is 1.88. The fraction of sp³-hybridized carbons (Fsp3) is 0.333. The lowest BCUT2D eigenvalue weighted by atomic mass is 9.93. The summed E-state index contributed by atoms with van der Waals surface area (Å²) >= 11 is 0. The largest absolute Gasteiger partial charge is 0.253 e. The highest BCUT2D eigenvalue weighted by atomic mass is 15.1. The van der Waals surface area contributed by atoms with Gasteiger partial charge in [-0.05, 0) is 42.0 Å². The Kier molecular flexibility index (Phi) is 5.90. The molecule has 0 atom stereocenters. The van der Waals surface area contributed by atoms with Gasteiger partial charge in [-0.3, -0.25) is 4.99 Å². The van der Waals surface area contributed by atoms with Crippen molar-refractivity contribution in [2.24, 2.45) is 4.99 Å². The molecule has 3 nitrogen and oxygen atoms in total. The fourth-order valence-electron chi connectivity index (χ4n) is 3.37. The van der Waals surface area contributed by atoms with Crippen LogP contribution < -0.4 is 4.57 Å². The first-order valence-corrected chi connectivity index (χ1v) is 9.75. The van der Waals surface area contributed by atoms with Gasteiger partial charge >= 0.3 is 0 Å². The molecule has 3 aromatic rings. The quantitative estimate of drug-likeness (QED) is 0.391. The Morgan fingerprint density at radius 3 is 2.15 bits per heavy atom. The average Bonchev–Trinajstić information content (AvgIpc) is 3.10. The maximum absolute atomic E-state index is 5.07. The Labute approximate surface area is 163 Å². The highest BCUT2D eigenvalue weighted by Gasteiger charge is 2.14.